The second kappa shape index (κ2) is 6.55. The van der Waals surface area contributed by atoms with Gasteiger partial charge in [-0.15, -0.1) is 0 Å². The summed E-state index contributed by atoms with van der Waals surface area (Å²) in [7, 11) is 0. The highest BCUT2D eigenvalue weighted by molar-refractivity contribution is 6.05. The van der Waals surface area contributed by atoms with Crippen LogP contribution in [0, 0.1) is 22.7 Å². The average Bonchev–Trinajstić information content (AvgIpc) is 2.71. The molecule has 4 aromatic carbocycles. The first kappa shape index (κ1) is 15.6. The maximum absolute atomic E-state index is 9.77. The summed E-state index contributed by atoms with van der Waals surface area (Å²) in [5.41, 5.74) is 2.31. The van der Waals surface area contributed by atoms with Gasteiger partial charge in [0, 0.05) is 0 Å². The fourth-order valence-electron chi connectivity index (χ4n) is 3.22. The molecule has 4 aromatic rings. The molecule has 0 saturated carbocycles. The minimum atomic E-state index is 0.397. The Balaban J connectivity index is 1.93. The zero-order chi connectivity index (χ0) is 17.9. The highest BCUT2D eigenvalue weighted by atomic mass is 14.3. The Morgan fingerprint density at radius 1 is 0.500 bits per heavy atom. The Hall–Kier alpha value is -3.88. The largest absolute Gasteiger partial charge is 0.192 e. The van der Waals surface area contributed by atoms with E-state index in [1.54, 1.807) is 0 Å². The normalized spacial score (nSPS) is 11.6. The summed E-state index contributed by atoms with van der Waals surface area (Å²) in [5.74, 6) is 0. The lowest BCUT2D eigenvalue weighted by Crippen LogP contribution is -1.90. The van der Waals surface area contributed by atoms with Crippen molar-refractivity contribution >= 4 is 32.7 Å². The summed E-state index contributed by atoms with van der Waals surface area (Å²) in [6.45, 7) is 0. The third-order valence-electron chi connectivity index (χ3n) is 4.55. The monoisotopic (exact) mass is 330 g/mol. The van der Waals surface area contributed by atoms with Crippen LogP contribution in [0.4, 0.5) is 0 Å². The number of rotatable bonds is 2. The van der Waals surface area contributed by atoms with Gasteiger partial charge >= 0.3 is 0 Å². The third kappa shape index (κ3) is 2.71. The number of nitriles is 2. The summed E-state index contributed by atoms with van der Waals surface area (Å²) in [6.07, 6.45) is 0. The van der Waals surface area contributed by atoms with E-state index < -0.39 is 0 Å². The molecule has 0 N–H and O–H groups in total. The number of nitrogens with zero attached hydrogens (tertiary/aromatic N) is 2. The van der Waals surface area contributed by atoms with Crippen LogP contribution in [0.2, 0.25) is 0 Å². The molecule has 26 heavy (non-hydrogen) atoms. The summed E-state index contributed by atoms with van der Waals surface area (Å²) in [4.78, 5) is 0. The molecule has 0 saturated heterocycles. The predicted molar refractivity (Wildman–Crippen MR) is 106 cm³/mol. The number of hydrogen-bond donors (Lipinski definition) is 0. The molecule has 120 valence electrons. The van der Waals surface area contributed by atoms with Crippen LogP contribution in [0.25, 0.3) is 32.7 Å². The van der Waals surface area contributed by atoms with Crippen LogP contribution in [0.15, 0.2) is 84.9 Å². The van der Waals surface area contributed by atoms with Crippen LogP contribution in [-0.2, 0) is 0 Å². The quantitative estimate of drug-likeness (QED) is 0.337. The summed E-state index contributed by atoms with van der Waals surface area (Å²) < 4.78 is 0. The van der Waals surface area contributed by atoms with Crippen molar-refractivity contribution in [1.29, 1.82) is 10.5 Å². The molecule has 0 spiro atoms. The lowest BCUT2D eigenvalue weighted by Gasteiger charge is -2.07. The molecule has 0 aliphatic rings. The molecule has 4 rings (SSSR count). The first-order valence-corrected chi connectivity index (χ1v) is 8.33. The Morgan fingerprint density at radius 3 is 1.27 bits per heavy atom. The second-order valence-corrected chi connectivity index (χ2v) is 6.10. The molecule has 0 fully saturated rings. The van der Waals surface area contributed by atoms with Gasteiger partial charge in [0.05, 0.1) is 11.1 Å². The van der Waals surface area contributed by atoms with Crippen LogP contribution in [-0.4, -0.2) is 0 Å². The maximum Gasteiger partial charge on any atom is 0.101 e. The molecule has 0 aliphatic heterocycles. The van der Waals surface area contributed by atoms with E-state index in [2.05, 4.69) is 12.1 Å². The topological polar surface area (TPSA) is 47.6 Å². The van der Waals surface area contributed by atoms with Crippen LogP contribution in [0.1, 0.15) is 11.1 Å². The second-order valence-electron chi connectivity index (χ2n) is 6.10. The van der Waals surface area contributed by atoms with Gasteiger partial charge in [-0.05, 0) is 44.8 Å². The number of benzene rings is 4. The van der Waals surface area contributed by atoms with Gasteiger partial charge in [-0.2, -0.15) is 10.5 Å². The summed E-state index contributed by atoms with van der Waals surface area (Å²) in [5, 5.41) is 23.9. The Bertz CT molecular complexity index is 1150. The van der Waals surface area contributed by atoms with Crippen molar-refractivity contribution in [2.45, 2.75) is 0 Å². The fourth-order valence-corrected chi connectivity index (χ4v) is 3.22. The van der Waals surface area contributed by atoms with Gasteiger partial charge in [0.1, 0.15) is 12.1 Å². The van der Waals surface area contributed by atoms with E-state index in [4.69, 9.17) is 0 Å². The van der Waals surface area contributed by atoms with Crippen molar-refractivity contribution < 1.29 is 0 Å². The van der Waals surface area contributed by atoms with E-state index in [1.165, 1.54) is 0 Å². The number of hydrogen-bond acceptors (Lipinski definition) is 2. The Kier molecular flexibility index (Phi) is 3.94. The van der Waals surface area contributed by atoms with E-state index in [9.17, 15) is 10.5 Å². The van der Waals surface area contributed by atoms with Crippen molar-refractivity contribution in [1.82, 2.24) is 0 Å². The van der Waals surface area contributed by atoms with Gasteiger partial charge in [0.15, 0.2) is 0 Å². The average molecular weight is 330 g/mol. The van der Waals surface area contributed by atoms with E-state index in [0.717, 1.165) is 32.7 Å². The van der Waals surface area contributed by atoms with Gasteiger partial charge < -0.3 is 0 Å². The van der Waals surface area contributed by atoms with Gasteiger partial charge in [-0.3, -0.25) is 0 Å². The summed E-state index contributed by atoms with van der Waals surface area (Å²) in [6, 6.07) is 32.2. The molecule has 0 heterocycles. The minimum Gasteiger partial charge on any atom is -0.192 e. The van der Waals surface area contributed by atoms with E-state index >= 15 is 0 Å². The van der Waals surface area contributed by atoms with Gasteiger partial charge in [0.25, 0.3) is 0 Å². The van der Waals surface area contributed by atoms with E-state index in [1.807, 2.05) is 84.9 Å². The van der Waals surface area contributed by atoms with Crippen LogP contribution in [0.5, 0.6) is 0 Å². The third-order valence-corrected chi connectivity index (χ3v) is 4.55. The molecule has 0 atom stereocenters. The van der Waals surface area contributed by atoms with Gasteiger partial charge in [-0.1, -0.05) is 72.8 Å². The van der Waals surface area contributed by atoms with E-state index in [-0.39, 0.29) is 0 Å². The predicted octanol–water partition coefficient (Wildman–Crippen LogP) is 5.95. The van der Waals surface area contributed by atoms with Gasteiger partial charge in [-0.25, -0.2) is 0 Å². The van der Waals surface area contributed by atoms with Crippen molar-refractivity contribution in [3.05, 3.63) is 96.1 Å². The zero-order valence-electron chi connectivity index (χ0n) is 14.0. The molecule has 0 bridgehead atoms. The van der Waals surface area contributed by atoms with Crippen LogP contribution >= 0.6 is 0 Å². The first-order chi connectivity index (χ1) is 12.8. The van der Waals surface area contributed by atoms with Crippen molar-refractivity contribution in [2.75, 3.05) is 0 Å². The molecule has 0 radical (unpaired) electrons. The molecular weight excluding hydrogens is 316 g/mol. The zero-order valence-corrected chi connectivity index (χ0v) is 14.0. The highest BCUT2D eigenvalue weighted by Crippen LogP contribution is 2.29. The Labute approximate surface area is 151 Å². The van der Waals surface area contributed by atoms with Gasteiger partial charge in [0.2, 0.25) is 0 Å². The lowest BCUT2D eigenvalue weighted by molar-refractivity contribution is 1.50. The molecule has 0 aliphatic carbocycles. The standard InChI is InChI=1S/C24H14N2/c25-15-23(21-11-9-17-5-1-3-7-19(17)13-21)24(16-26)22-12-10-18-6-2-4-8-20(18)14-22/h1-14H/b24-23-. The smallest absolute Gasteiger partial charge is 0.101 e. The summed E-state index contributed by atoms with van der Waals surface area (Å²) >= 11 is 0. The maximum atomic E-state index is 9.77. The molecule has 0 amide bonds. The minimum absolute atomic E-state index is 0.397. The SMILES string of the molecule is N#C/C(=C(\C#N)c1ccc2ccccc2c1)c1ccc2ccccc2c1. The number of fused-ring (bicyclic) bond motifs is 2. The molecule has 2 nitrogen and oxygen atoms in total. The van der Waals surface area contributed by atoms with E-state index in [0.29, 0.717) is 11.1 Å². The number of allylic oxidation sites excluding steroid dienone is 2. The molecule has 2 heteroatoms. The lowest BCUT2D eigenvalue weighted by atomic mass is 9.93. The van der Waals surface area contributed by atoms with Crippen LogP contribution in [0.3, 0.4) is 0 Å². The molecule has 0 unspecified atom stereocenters. The first-order valence-electron chi connectivity index (χ1n) is 8.33. The molecular formula is C24H14N2. The molecule has 0 aromatic heterocycles. The van der Waals surface area contributed by atoms with Crippen molar-refractivity contribution in [3.63, 3.8) is 0 Å². The van der Waals surface area contributed by atoms with Crippen molar-refractivity contribution in [3.8, 4) is 12.1 Å². The Morgan fingerprint density at radius 2 is 0.885 bits per heavy atom. The van der Waals surface area contributed by atoms with Crippen molar-refractivity contribution in [2.24, 2.45) is 0 Å². The highest BCUT2D eigenvalue weighted by Gasteiger charge is 2.12. The van der Waals surface area contributed by atoms with Crippen LogP contribution < -0.4 is 0 Å². The fraction of sp³-hybridized carbons (Fsp3) is 0.